The molecule has 1 atom stereocenters. The summed E-state index contributed by atoms with van der Waals surface area (Å²) in [4.78, 5) is 12.6. The lowest BCUT2D eigenvalue weighted by Crippen LogP contribution is -2.57. The molecule has 0 aromatic heterocycles. The van der Waals surface area contributed by atoms with Gasteiger partial charge in [0.2, 0.25) is 0 Å². The molecule has 0 aromatic rings. The van der Waals surface area contributed by atoms with Crippen molar-refractivity contribution in [2.24, 2.45) is 11.3 Å². The van der Waals surface area contributed by atoms with Crippen LogP contribution in [0, 0.1) is 11.3 Å². The summed E-state index contributed by atoms with van der Waals surface area (Å²) in [5, 5.41) is 3.64. The van der Waals surface area contributed by atoms with Gasteiger partial charge in [0.05, 0.1) is 0 Å². The van der Waals surface area contributed by atoms with Crippen LogP contribution in [0.25, 0.3) is 0 Å². The predicted octanol–water partition coefficient (Wildman–Crippen LogP) is 4.18. The van der Waals surface area contributed by atoms with Crippen molar-refractivity contribution in [3.05, 3.63) is 0 Å². The van der Waals surface area contributed by atoms with Crippen LogP contribution in [0.3, 0.4) is 0 Å². The Labute approximate surface area is 114 Å². The summed E-state index contributed by atoms with van der Waals surface area (Å²) in [6, 6.07) is 0. The third-order valence-corrected chi connectivity index (χ3v) is 4.57. The average molecular weight is 255 g/mol. The summed E-state index contributed by atoms with van der Waals surface area (Å²) in [5.74, 6) is 0.368. The highest BCUT2D eigenvalue weighted by molar-refractivity contribution is 5.87. The zero-order valence-corrected chi connectivity index (χ0v) is 13.9. The maximum absolute atomic E-state index is 12.6. The van der Waals surface area contributed by atoms with Crippen molar-refractivity contribution in [3.63, 3.8) is 0 Å². The summed E-state index contributed by atoms with van der Waals surface area (Å²) >= 11 is 0. The Morgan fingerprint density at radius 1 is 1.00 bits per heavy atom. The monoisotopic (exact) mass is 255 g/mol. The van der Waals surface area contributed by atoms with Gasteiger partial charge < -0.3 is 5.32 Å². The molecule has 0 saturated heterocycles. The van der Waals surface area contributed by atoms with Crippen molar-refractivity contribution in [2.45, 2.75) is 86.2 Å². The Balaban J connectivity index is 4.97. The van der Waals surface area contributed by atoms with Crippen LogP contribution >= 0.6 is 0 Å². The predicted molar refractivity (Wildman–Crippen MR) is 79.8 cm³/mol. The summed E-state index contributed by atoms with van der Waals surface area (Å²) < 4.78 is 0. The molecule has 0 saturated carbocycles. The molecular weight excluding hydrogens is 222 g/mol. The number of carbonyl (C=O) groups excluding carboxylic acids is 1. The van der Waals surface area contributed by atoms with Crippen molar-refractivity contribution in [1.29, 1.82) is 0 Å². The van der Waals surface area contributed by atoms with Crippen molar-refractivity contribution >= 4 is 5.78 Å². The van der Waals surface area contributed by atoms with Gasteiger partial charge in [-0.15, -0.1) is 0 Å². The van der Waals surface area contributed by atoms with Gasteiger partial charge in [-0.2, -0.15) is 0 Å². The Bertz CT molecular complexity index is 289. The first-order chi connectivity index (χ1) is 7.89. The normalized spacial score (nSPS) is 15.6. The van der Waals surface area contributed by atoms with Crippen molar-refractivity contribution in [1.82, 2.24) is 5.32 Å². The van der Waals surface area contributed by atoms with Gasteiger partial charge >= 0.3 is 0 Å². The quantitative estimate of drug-likeness (QED) is 0.739. The number of carbonyl (C=O) groups is 1. The molecule has 0 aliphatic rings. The number of nitrogens with one attached hydrogen (secondary N) is 1. The minimum atomic E-state index is -0.227. The number of hydrogen-bond acceptors (Lipinski definition) is 2. The molecule has 0 aliphatic carbocycles. The maximum atomic E-state index is 12.6. The van der Waals surface area contributed by atoms with Gasteiger partial charge in [0, 0.05) is 22.4 Å². The second-order valence-corrected chi connectivity index (χ2v) is 7.41. The molecule has 2 nitrogen and oxygen atoms in total. The second-order valence-electron chi connectivity index (χ2n) is 7.41. The Morgan fingerprint density at radius 2 is 1.44 bits per heavy atom. The number of Topliss-reactive ketones (excluding diaryl/α,β-unsaturated/α-hetero) is 1. The molecule has 0 heterocycles. The van der Waals surface area contributed by atoms with E-state index >= 15 is 0 Å². The minimum Gasteiger partial charge on any atom is -0.306 e. The Kier molecular flexibility index (Phi) is 5.61. The van der Waals surface area contributed by atoms with E-state index in [4.69, 9.17) is 0 Å². The molecule has 0 aliphatic heterocycles. The molecule has 0 amide bonds. The van der Waals surface area contributed by atoms with Crippen molar-refractivity contribution in [3.8, 4) is 0 Å². The molecule has 0 radical (unpaired) electrons. The van der Waals surface area contributed by atoms with Gasteiger partial charge in [-0.1, -0.05) is 34.6 Å². The fourth-order valence-corrected chi connectivity index (χ4v) is 2.16. The zero-order valence-electron chi connectivity index (χ0n) is 13.9. The van der Waals surface area contributed by atoms with Crippen molar-refractivity contribution in [2.75, 3.05) is 0 Å². The summed E-state index contributed by atoms with van der Waals surface area (Å²) in [7, 11) is 0. The van der Waals surface area contributed by atoms with E-state index in [9.17, 15) is 4.79 Å². The van der Waals surface area contributed by atoms with E-state index in [1.54, 1.807) is 0 Å². The van der Waals surface area contributed by atoms with Crippen molar-refractivity contribution < 1.29 is 4.79 Å². The van der Waals surface area contributed by atoms with Gasteiger partial charge in [-0.3, -0.25) is 4.79 Å². The summed E-state index contributed by atoms with van der Waals surface area (Å²) in [6.07, 6.45) is 1.94. The maximum Gasteiger partial charge on any atom is 0.143 e. The Hall–Kier alpha value is -0.370. The third-order valence-electron chi connectivity index (χ3n) is 4.57. The zero-order chi connectivity index (χ0) is 14.8. The highest BCUT2D eigenvalue weighted by atomic mass is 16.1. The van der Waals surface area contributed by atoms with Crippen LogP contribution in [0.15, 0.2) is 0 Å². The molecule has 1 unspecified atom stereocenters. The first-order valence-corrected chi connectivity index (χ1v) is 7.23. The number of rotatable bonds is 7. The van der Waals surface area contributed by atoms with Crippen LogP contribution in [-0.4, -0.2) is 16.9 Å². The van der Waals surface area contributed by atoms with Crippen LogP contribution in [0.5, 0.6) is 0 Å². The van der Waals surface area contributed by atoms with Crippen LogP contribution in [-0.2, 0) is 4.79 Å². The third kappa shape index (κ3) is 4.38. The second kappa shape index (κ2) is 5.73. The van der Waals surface area contributed by atoms with Crippen LogP contribution in [0.4, 0.5) is 0 Å². The fraction of sp³-hybridized carbons (Fsp3) is 0.938. The van der Waals surface area contributed by atoms with Gasteiger partial charge in [0.15, 0.2) is 0 Å². The number of hydrogen-bond donors (Lipinski definition) is 1. The summed E-state index contributed by atoms with van der Waals surface area (Å²) in [5.41, 5.74) is -0.341. The topological polar surface area (TPSA) is 29.1 Å². The lowest BCUT2D eigenvalue weighted by molar-refractivity contribution is -0.133. The largest absolute Gasteiger partial charge is 0.306 e. The molecule has 2 heteroatoms. The molecule has 0 aromatic carbocycles. The SMILES string of the molecule is CCC(C)(C)NC(C)(C)C(C)C(=O)C(C)(C)CC. The van der Waals surface area contributed by atoms with Gasteiger partial charge in [-0.05, 0) is 40.5 Å². The van der Waals surface area contributed by atoms with Crippen LogP contribution < -0.4 is 5.32 Å². The van der Waals surface area contributed by atoms with Gasteiger partial charge in [0.1, 0.15) is 5.78 Å². The molecule has 18 heavy (non-hydrogen) atoms. The lowest BCUT2D eigenvalue weighted by Gasteiger charge is -2.42. The van der Waals surface area contributed by atoms with Crippen LogP contribution in [0.2, 0.25) is 0 Å². The van der Waals surface area contributed by atoms with E-state index in [-0.39, 0.29) is 22.4 Å². The first-order valence-electron chi connectivity index (χ1n) is 7.23. The van der Waals surface area contributed by atoms with Gasteiger partial charge in [0.25, 0.3) is 0 Å². The average Bonchev–Trinajstić information content (AvgIpc) is 2.25. The van der Waals surface area contributed by atoms with E-state index in [0.717, 1.165) is 12.8 Å². The highest BCUT2D eigenvalue weighted by Gasteiger charge is 2.40. The first kappa shape index (κ1) is 17.6. The van der Waals surface area contributed by atoms with E-state index in [2.05, 4.69) is 53.8 Å². The Morgan fingerprint density at radius 3 is 1.78 bits per heavy atom. The van der Waals surface area contributed by atoms with E-state index in [0.29, 0.717) is 5.78 Å². The van der Waals surface area contributed by atoms with E-state index in [1.807, 2.05) is 13.8 Å². The van der Waals surface area contributed by atoms with Crippen LogP contribution in [0.1, 0.15) is 75.2 Å². The molecular formula is C16H33NO. The van der Waals surface area contributed by atoms with E-state index < -0.39 is 0 Å². The molecule has 0 fully saturated rings. The molecule has 108 valence electrons. The lowest BCUT2D eigenvalue weighted by atomic mass is 9.72. The smallest absolute Gasteiger partial charge is 0.143 e. The molecule has 1 N–H and O–H groups in total. The highest BCUT2D eigenvalue weighted by Crippen LogP contribution is 2.31. The van der Waals surface area contributed by atoms with E-state index in [1.165, 1.54) is 0 Å². The van der Waals surface area contributed by atoms with Gasteiger partial charge in [-0.25, -0.2) is 0 Å². The number of ketones is 1. The molecule has 0 rings (SSSR count). The fourth-order valence-electron chi connectivity index (χ4n) is 2.16. The minimum absolute atomic E-state index is 0.0123. The molecule has 0 bridgehead atoms. The molecule has 0 spiro atoms. The summed E-state index contributed by atoms with van der Waals surface area (Å²) in [6.45, 7) is 19.1. The standard InChI is InChI=1S/C16H33NO/c1-10-14(4,5)13(18)12(3)16(8,9)17-15(6,7)11-2/h12,17H,10-11H2,1-9H3.